The van der Waals surface area contributed by atoms with E-state index in [0.717, 1.165) is 11.8 Å². The maximum Gasteiger partial charge on any atom is 0.434 e. The maximum atomic E-state index is 13.8. The summed E-state index contributed by atoms with van der Waals surface area (Å²) >= 11 is 0. The van der Waals surface area contributed by atoms with E-state index < -0.39 is 29.0 Å². The van der Waals surface area contributed by atoms with Gasteiger partial charge in [0.05, 0.1) is 17.4 Å². The van der Waals surface area contributed by atoms with Crippen LogP contribution >= 0.6 is 0 Å². The molecule has 9 heteroatoms. The van der Waals surface area contributed by atoms with E-state index in [-0.39, 0.29) is 11.4 Å². The van der Waals surface area contributed by atoms with Gasteiger partial charge in [-0.15, -0.1) is 0 Å². The SMILES string of the molecule is Cc1ccc(-n2ncc(C(=O)Nc3ccc4oc(=O)ccc4c3)c2C(F)(F)F)cc1. The van der Waals surface area contributed by atoms with E-state index >= 15 is 0 Å². The molecule has 0 fully saturated rings. The number of anilines is 1. The fourth-order valence-electron chi connectivity index (χ4n) is 3.02. The molecule has 0 bridgehead atoms. The minimum Gasteiger partial charge on any atom is -0.423 e. The van der Waals surface area contributed by atoms with Crippen molar-refractivity contribution in [1.82, 2.24) is 9.78 Å². The molecule has 2 heterocycles. The number of hydrogen-bond donors (Lipinski definition) is 1. The summed E-state index contributed by atoms with van der Waals surface area (Å²) in [5, 5.41) is 6.74. The number of amides is 1. The predicted molar refractivity (Wildman–Crippen MR) is 104 cm³/mol. The van der Waals surface area contributed by atoms with E-state index in [1.807, 2.05) is 6.92 Å². The first kappa shape index (κ1) is 19.4. The zero-order valence-electron chi connectivity index (χ0n) is 15.5. The maximum absolute atomic E-state index is 13.8. The van der Waals surface area contributed by atoms with Crippen molar-refractivity contribution in [3.05, 3.63) is 88.0 Å². The van der Waals surface area contributed by atoms with Crippen LogP contribution in [0.1, 0.15) is 21.6 Å². The minimum absolute atomic E-state index is 0.188. The molecule has 1 amide bonds. The molecule has 0 saturated heterocycles. The van der Waals surface area contributed by atoms with Crippen molar-refractivity contribution in [3.63, 3.8) is 0 Å². The summed E-state index contributed by atoms with van der Waals surface area (Å²) in [5.74, 6) is -0.961. The van der Waals surface area contributed by atoms with Crippen molar-refractivity contribution >= 4 is 22.6 Å². The van der Waals surface area contributed by atoms with Crippen LogP contribution < -0.4 is 10.9 Å². The third-order valence-corrected chi connectivity index (χ3v) is 4.44. The first-order valence-electron chi connectivity index (χ1n) is 8.80. The Bertz CT molecular complexity index is 1310. The Labute approximate surface area is 167 Å². The van der Waals surface area contributed by atoms with Crippen LogP contribution in [0.4, 0.5) is 18.9 Å². The summed E-state index contributed by atoms with van der Waals surface area (Å²) < 4.78 is 47.0. The lowest BCUT2D eigenvalue weighted by molar-refractivity contribution is -0.143. The number of carbonyl (C=O) groups excluding carboxylic acids is 1. The van der Waals surface area contributed by atoms with Crippen LogP contribution in [-0.2, 0) is 6.18 Å². The van der Waals surface area contributed by atoms with Gasteiger partial charge in [-0.05, 0) is 43.3 Å². The second kappa shape index (κ2) is 7.18. The lowest BCUT2D eigenvalue weighted by Gasteiger charge is -2.13. The van der Waals surface area contributed by atoms with Crippen molar-refractivity contribution in [2.45, 2.75) is 13.1 Å². The molecule has 6 nitrogen and oxygen atoms in total. The summed E-state index contributed by atoms with van der Waals surface area (Å²) in [4.78, 5) is 23.9. The molecular weight excluding hydrogens is 399 g/mol. The van der Waals surface area contributed by atoms with Gasteiger partial charge in [-0.2, -0.15) is 18.3 Å². The van der Waals surface area contributed by atoms with Crippen molar-refractivity contribution < 1.29 is 22.4 Å². The van der Waals surface area contributed by atoms with Gasteiger partial charge in [0.25, 0.3) is 5.91 Å². The fraction of sp³-hybridized carbons (Fsp3) is 0.0952. The molecule has 2 aromatic carbocycles. The number of aryl methyl sites for hydroxylation is 1. The smallest absolute Gasteiger partial charge is 0.423 e. The molecule has 152 valence electrons. The Balaban J connectivity index is 1.71. The van der Waals surface area contributed by atoms with Crippen LogP contribution in [0.15, 0.2) is 70.0 Å². The Hall–Kier alpha value is -3.88. The summed E-state index contributed by atoms with van der Waals surface area (Å²) in [6, 6.07) is 13.4. The molecular formula is C21H14F3N3O3. The summed E-state index contributed by atoms with van der Waals surface area (Å²) in [6.45, 7) is 1.81. The Morgan fingerprint density at radius 3 is 2.50 bits per heavy atom. The molecule has 1 N–H and O–H groups in total. The summed E-state index contributed by atoms with van der Waals surface area (Å²) in [7, 11) is 0. The summed E-state index contributed by atoms with van der Waals surface area (Å²) in [5.41, 5.74) is -0.700. The molecule has 0 radical (unpaired) electrons. The van der Waals surface area contributed by atoms with E-state index in [0.29, 0.717) is 15.7 Å². The second-order valence-corrected chi connectivity index (χ2v) is 6.61. The van der Waals surface area contributed by atoms with Crippen molar-refractivity contribution in [1.29, 1.82) is 0 Å². The molecule has 0 aliphatic rings. The highest BCUT2D eigenvalue weighted by Gasteiger charge is 2.40. The molecule has 4 aromatic rings. The number of benzene rings is 2. The highest BCUT2D eigenvalue weighted by atomic mass is 19.4. The van der Waals surface area contributed by atoms with Gasteiger partial charge in [0.2, 0.25) is 0 Å². The largest absolute Gasteiger partial charge is 0.434 e. The van der Waals surface area contributed by atoms with Gasteiger partial charge in [-0.25, -0.2) is 9.48 Å². The lowest BCUT2D eigenvalue weighted by Crippen LogP contribution is -2.20. The zero-order valence-corrected chi connectivity index (χ0v) is 15.5. The van der Waals surface area contributed by atoms with Crippen LogP contribution in [0.25, 0.3) is 16.7 Å². The summed E-state index contributed by atoms with van der Waals surface area (Å²) in [6.07, 6.45) is -3.92. The topological polar surface area (TPSA) is 77.1 Å². The average molecular weight is 413 g/mol. The molecule has 4 rings (SSSR count). The highest BCUT2D eigenvalue weighted by molar-refractivity contribution is 6.05. The van der Waals surface area contributed by atoms with E-state index in [2.05, 4.69) is 10.4 Å². The third kappa shape index (κ3) is 3.69. The molecule has 0 saturated carbocycles. The number of nitrogens with one attached hydrogen (secondary N) is 1. The Kier molecular flexibility index (Phi) is 4.65. The van der Waals surface area contributed by atoms with E-state index in [1.54, 1.807) is 12.1 Å². The number of carbonyl (C=O) groups is 1. The second-order valence-electron chi connectivity index (χ2n) is 6.61. The first-order valence-corrected chi connectivity index (χ1v) is 8.80. The molecule has 30 heavy (non-hydrogen) atoms. The number of halogens is 3. The fourth-order valence-corrected chi connectivity index (χ4v) is 3.02. The van der Waals surface area contributed by atoms with Gasteiger partial charge in [-0.1, -0.05) is 17.7 Å². The molecule has 0 atom stereocenters. The standard InChI is InChI=1S/C21H14F3N3O3/c1-12-2-6-15(7-3-12)27-19(21(22,23)24)16(11-25-27)20(29)26-14-5-8-17-13(10-14)4-9-18(28)30-17/h2-11H,1H3,(H,26,29). The van der Waals surface area contributed by atoms with Crippen LogP contribution in [0.5, 0.6) is 0 Å². The van der Waals surface area contributed by atoms with Gasteiger partial charge >= 0.3 is 11.8 Å². The number of aromatic nitrogens is 2. The minimum atomic E-state index is -4.80. The number of hydrogen-bond acceptors (Lipinski definition) is 4. The van der Waals surface area contributed by atoms with E-state index in [9.17, 15) is 22.8 Å². The Morgan fingerprint density at radius 1 is 1.07 bits per heavy atom. The van der Waals surface area contributed by atoms with Crippen LogP contribution in [0.2, 0.25) is 0 Å². The molecule has 0 aliphatic carbocycles. The number of fused-ring (bicyclic) bond motifs is 1. The number of rotatable bonds is 3. The molecule has 0 unspecified atom stereocenters. The van der Waals surface area contributed by atoms with Crippen LogP contribution in [-0.4, -0.2) is 15.7 Å². The first-order chi connectivity index (χ1) is 14.2. The lowest BCUT2D eigenvalue weighted by atomic mass is 10.1. The number of nitrogens with zero attached hydrogens (tertiary/aromatic N) is 2. The van der Waals surface area contributed by atoms with E-state index in [4.69, 9.17) is 4.42 Å². The predicted octanol–water partition coefficient (Wildman–Crippen LogP) is 4.56. The van der Waals surface area contributed by atoms with Gasteiger partial charge < -0.3 is 9.73 Å². The third-order valence-electron chi connectivity index (χ3n) is 4.44. The van der Waals surface area contributed by atoms with Crippen molar-refractivity contribution in [2.24, 2.45) is 0 Å². The molecule has 2 aromatic heterocycles. The van der Waals surface area contributed by atoms with Gasteiger partial charge in [0.15, 0.2) is 5.69 Å². The zero-order chi connectivity index (χ0) is 21.5. The van der Waals surface area contributed by atoms with Crippen molar-refractivity contribution in [3.8, 4) is 5.69 Å². The van der Waals surface area contributed by atoms with Crippen LogP contribution in [0, 0.1) is 6.92 Å². The van der Waals surface area contributed by atoms with Crippen LogP contribution in [0.3, 0.4) is 0 Å². The highest BCUT2D eigenvalue weighted by Crippen LogP contribution is 2.34. The molecule has 0 aliphatic heterocycles. The number of alkyl halides is 3. The van der Waals surface area contributed by atoms with Gasteiger partial charge in [-0.3, -0.25) is 4.79 Å². The molecule has 0 spiro atoms. The van der Waals surface area contributed by atoms with Gasteiger partial charge in [0, 0.05) is 17.1 Å². The average Bonchev–Trinajstić information content (AvgIpc) is 3.14. The monoisotopic (exact) mass is 413 g/mol. The van der Waals surface area contributed by atoms with E-state index in [1.165, 1.54) is 42.5 Å². The quantitative estimate of drug-likeness (QED) is 0.500. The van der Waals surface area contributed by atoms with Gasteiger partial charge in [0.1, 0.15) is 5.58 Å². The van der Waals surface area contributed by atoms with Crippen molar-refractivity contribution in [2.75, 3.05) is 5.32 Å². The Morgan fingerprint density at radius 2 is 1.80 bits per heavy atom. The normalized spacial score (nSPS) is 11.6.